The predicted molar refractivity (Wildman–Crippen MR) is 78.9 cm³/mol. The number of hydrogen-bond donors (Lipinski definition) is 1. The minimum Gasteiger partial charge on any atom is -0.309 e. The fourth-order valence-corrected chi connectivity index (χ4v) is 3.51. The highest BCUT2D eigenvalue weighted by Crippen LogP contribution is 2.32. The van der Waals surface area contributed by atoms with Crippen LogP contribution in [0.4, 0.5) is 0 Å². The van der Waals surface area contributed by atoms with Crippen molar-refractivity contribution in [1.82, 2.24) is 5.32 Å². The molecule has 17 heavy (non-hydrogen) atoms. The van der Waals surface area contributed by atoms with E-state index in [0.717, 1.165) is 12.5 Å². The molecule has 1 N–H and O–H groups in total. The molecule has 0 bridgehead atoms. The van der Waals surface area contributed by atoms with Gasteiger partial charge in [-0.25, -0.2) is 0 Å². The molecule has 98 valence electrons. The van der Waals surface area contributed by atoms with E-state index < -0.39 is 0 Å². The Bertz CT molecular complexity index is 310. The quantitative estimate of drug-likeness (QED) is 0.733. The minimum absolute atomic E-state index is 0.548. The highest BCUT2D eigenvalue weighted by atomic mass is 32.1. The van der Waals surface area contributed by atoms with Gasteiger partial charge in [-0.05, 0) is 50.8 Å². The summed E-state index contributed by atoms with van der Waals surface area (Å²) in [5.41, 5.74) is 1.44. The second-order valence-corrected chi connectivity index (χ2v) is 6.37. The molecule has 0 fully saturated rings. The van der Waals surface area contributed by atoms with E-state index in [1.54, 1.807) is 0 Å². The molecular formula is C15H27NS. The van der Waals surface area contributed by atoms with Crippen LogP contribution in [-0.2, 0) is 0 Å². The van der Waals surface area contributed by atoms with E-state index in [4.69, 9.17) is 0 Å². The molecule has 1 aromatic heterocycles. The van der Waals surface area contributed by atoms with Crippen LogP contribution in [0.5, 0.6) is 0 Å². The van der Waals surface area contributed by atoms with Crippen LogP contribution in [0.25, 0.3) is 0 Å². The molecule has 2 unspecified atom stereocenters. The van der Waals surface area contributed by atoms with E-state index in [0.29, 0.717) is 6.04 Å². The zero-order chi connectivity index (χ0) is 12.8. The van der Waals surface area contributed by atoms with Crippen molar-refractivity contribution in [3.63, 3.8) is 0 Å². The first-order valence-electron chi connectivity index (χ1n) is 6.90. The second kappa shape index (κ2) is 7.17. The summed E-state index contributed by atoms with van der Waals surface area (Å²) >= 11 is 1.96. The monoisotopic (exact) mass is 253 g/mol. The highest BCUT2D eigenvalue weighted by molar-refractivity contribution is 7.12. The van der Waals surface area contributed by atoms with Crippen molar-refractivity contribution in [2.45, 2.75) is 59.9 Å². The smallest absolute Gasteiger partial charge is 0.0440 e. The van der Waals surface area contributed by atoms with Gasteiger partial charge in [-0.2, -0.15) is 0 Å². The lowest BCUT2D eigenvalue weighted by molar-refractivity contribution is 0.368. The summed E-state index contributed by atoms with van der Waals surface area (Å²) in [4.78, 5) is 2.99. The summed E-state index contributed by atoms with van der Waals surface area (Å²) in [5, 5.41) is 3.72. The largest absolute Gasteiger partial charge is 0.309 e. The standard InChI is InChI=1S/C15H27NS/c1-6-8-11(3)15(16-9-7-2)14-10-12(4)13(5)17-14/h10-11,15-16H,6-9H2,1-5H3. The van der Waals surface area contributed by atoms with Crippen LogP contribution in [0.2, 0.25) is 0 Å². The lowest BCUT2D eigenvalue weighted by Gasteiger charge is -2.24. The molecule has 0 amide bonds. The van der Waals surface area contributed by atoms with Crippen LogP contribution in [0.1, 0.15) is 61.4 Å². The summed E-state index contributed by atoms with van der Waals surface area (Å²) in [7, 11) is 0. The maximum Gasteiger partial charge on any atom is 0.0440 e. The molecule has 2 heteroatoms. The van der Waals surface area contributed by atoms with Gasteiger partial charge in [-0.1, -0.05) is 27.2 Å². The van der Waals surface area contributed by atoms with Gasteiger partial charge in [0.15, 0.2) is 0 Å². The van der Waals surface area contributed by atoms with Crippen molar-refractivity contribution < 1.29 is 0 Å². The lowest BCUT2D eigenvalue weighted by Crippen LogP contribution is -2.27. The van der Waals surface area contributed by atoms with Crippen molar-refractivity contribution in [2.75, 3.05) is 6.54 Å². The van der Waals surface area contributed by atoms with Gasteiger partial charge in [0.05, 0.1) is 0 Å². The zero-order valence-corrected chi connectivity index (χ0v) is 12.8. The van der Waals surface area contributed by atoms with E-state index >= 15 is 0 Å². The Labute approximate surface area is 111 Å². The number of thiophene rings is 1. The number of hydrogen-bond acceptors (Lipinski definition) is 2. The number of nitrogens with one attached hydrogen (secondary N) is 1. The first-order valence-corrected chi connectivity index (χ1v) is 7.72. The molecule has 0 aromatic carbocycles. The van der Waals surface area contributed by atoms with Crippen molar-refractivity contribution in [2.24, 2.45) is 5.92 Å². The molecular weight excluding hydrogens is 226 g/mol. The molecule has 0 saturated carbocycles. The molecule has 0 aliphatic heterocycles. The average molecular weight is 253 g/mol. The SMILES string of the molecule is CCCNC(c1cc(C)c(C)s1)C(C)CCC. The molecule has 0 spiro atoms. The van der Waals surface area contributed by atoms with Crippen molar-refractivity contribution >= 4 is 11.3 Å². The summed E-state index contributed by atoms with van der Waals surface area (Å²) < 4.78 is 0. The summed E-state index contributed by atoms with van der Waals surface area (Å²) in [6, 6.07) is 2.92. The maximum absolute atomic E-state index is 3.72. The van der Waals surface area contributed by atoms with Gasteiger partial charge in [0.2, 0.25) is 0 Å². The Kier molecular flexibility index (Phi) is 6.21. The normalized spacial score (nSPS) is 14.9. The van der Waals surface area contributed by atoms with Gasteiger partial charge in [0, 0.05) is 15.8 Å². The Hall–Kier alpha value is -0.340. The summed E-state index contributed by atoms with van der Waals surface area (Å²) in [5.74, 6) is 0.726. The third kappa shape index (κ3) is 4.11. The second-order valence-electron chi connectivity index (χ2n) is 5.09. The molecule has 0 aliphatic rings. The third-order valence-corrected chi connectivity index (χ3v) is 4.65. The van der Waals surface area contributed by atoms with Crippen LogP contribution in [0.15, 0.2) is 6.07 Å². The minimum atomic E-state index is 0.548. The van der Waals surface area contributed by atoms with E-state index in [1.165, 1.54) is 34.6 Å². The maximum atomic E-state index is 3.72. The van der Waals surface area contributed by atoms with Crippen molar-refractivity contribution in [1.29, 1.82) is 0 Å². The van der Waals surface area contributed by atoms with Gasteiger partial charge in [0.25, 0.3) is 0 Å². The molecule has 1 rings (SSSR count). The molecule has 0 saturated heterocycles. The predicted octanol–water partition coefficient (Wildman–Crippen LogP) is 4.84. The topological polar surface area (TPSA) is 12.0 Å². The fraction of sp³-hybridized carbons (Fsp3) is 0.733. The Balaban J connectivity index is 2.80. The van der Waals surface area contributed by atoms with E-state index in [-0.39, 0.29) is 0 Å². The van der Waals surface area contributed by atoms with Crippen LogP contribution in [0.3, 0.4) is 0 Å². The Morgan fingerprint density at radius 2 is 1.94 bits per heavy atom. The molecule has 1 aromatic rings. The van der Waals surface area contributed by atoms with E-state index in [2.05, 4.69) is 46.0 Å². The first-order chi connectivity index (χ1) is 8.10. The van der Waals surface area contributed by atoms with E-state index in [1.807, 2.05) is 11.3 Å². The molecule has 1 heterocycles. The Morgan fingerprint density at radius 3 is 2.41 bits per heavy atom. The zero-order valence-electron chi connectivity index (χ0n) is 12.0. The van der Waals surface area contributed by atoms with Gasteiger partial charge < -0.3 is 5.32 Å². The molecule has 2 atom stereocenters. The summed E-state index contributed by atoms with van der Waals surface area (Å²) in [6.45, 7) is 12.5. The van der Waals surface area contributed by atoms with E-state index in [9.17, 15) is 0 Å². The first kappa shape index (κ1) is 14.7. The molecule has 0 radical (unpaired) electrons. The van der Waals surface area contributed by atoms with Crippen LogP contribution in [0, 0.1) is 19.8 Å². The number of aryl methyl sites for hydroxylation is 2. The van der Waals surface area contributed by atoms with Gasteiger partial charge >= 0.3 is 0 Å². The molecule has 0 aliphatic carbocycles. The van der Waals surface area contributed by atoms with Crippen molar-refractivity contribution in [3.8, 4) is 0 Å². The summed E-state index contributed by atoms with van der Waals surface area (Å²) in [6.07, 6.45) is 3.78. The number of rotatable bonds is 7. The third-order valence-electron chi connectivity index (χ3n) is 3.42. The Morgan fingerprint density at radius 1 is 1.24 bits per heavy atom. The lowest BCUT2D eigenvalue weighted by atomic mass is 9.95. The van der Waals surface area contributed by atoms with Crippen LogP contribution >= 0.6 is 11.3 Å². The van der Waals surface area contributed by atoms with Gasteiger partial charge in [-0.15, -0.1) is 11.3 Å². The van der Waals surface area contributed by atoms with Crippen LogP contribution in [-0.4, -0.2) is 6.54 Å². The van der Waals surface area contributed by atoms with Crippen molar-refractivity contribution in [3.05, 3.63) is 21.4 Å². The average Bonchev–Trinajstić information content (AvgIpc) is 2.60. The highest BCUT2D eigenvalue weighted by Gasteiger charge is 2.20. The van der Waals surface area contributed by atoms with Gasteiger partial charge in [-0.3, -0.25) is 0 Å². The van der Waals surface area contributed by atoms with Gasteiger partial charge in [0.1, 0.15) is 0 Å². The fourth-order valence-electron chi connectivity index (χ4n) is 2.26. The van der Waals surface area contributed by atoms with Crippen LogP contribution < -0.4 is 5.32 Å². The molecule has 1 nitrogen and oxygen atoms in total.